The van der Waals surface area contributed by atoms with Crippen LogP contribution in [0.3, 0.4) is 0 Å². The van der Waals surface area contributed by atoms with Gasteiger partial charge in [0, 0.05) is 27.2 Å². The highest BCUT2D eigenvalue weighted by atomic mass is 28.3. The van der Waals surface area contributed by atoms with Gasteiger partial charge in [0.05, 0.1) is 11.0 Å². The molecule has 0 aliphatic heterocycles. The van der Waals surface area contributed by atoms with Gasteiger partial charge in [-0.15, -0.1) is 0 Å². The fourth-order valence-electron chi connectivity index (χ4n) is 7.72. The molecule has 0 bridgehead atoms. The molecule has 0 saturated carbocycles. The van der Waals surface area contributed by atoms with Gasteiger partial charge in [0.25, 0.3) is 0 Å². The molecule has 0 fully saturated rings. The van der Waals surface area contributed by atoms with Gasteiger partial charge in [0.1, 0.15) is 0 Å². The summed E-state index contributed by atoms with van der Waals surface area (Å²) in [6.07, 6.45) is 0. The molecule has 0 saturated heterocycles. The monoisotopic (exact) mass is 601 g/mol. The van der Waals surface area contributed by atoms with Crippen molar-refractivity contribution in [3.05, 3.63) is 188 Å². The van der Waals surface area contributed by atoms with E-state index in [2.05, 4.69) is 193 Å². The summed E-state index contributed by atoms with van der Waals surface area (Å²) in [5.74, 6) is 0. The van der Waals surface area contributed by atoms with Gasteiger partial charge in [-0.2, -0.15) is 0 Å². The van der Waals surface area contributed by atoms with Gasteiger partial charge in [0.15, 0.2) is 8.07 Å². The molecule has 0 spiro atoms. The summed E-state index contributed by atoms with van der Waals surface area (Å²) in [6.45, 7) is 0. The molecule has 1 heterocycles. The number of hydrogen-bond donors (Lipinski definition) is 0. The van der Waals surface area contributed by atoms with Crippen LogP contribution in [0.25, 0.3) is 49.0 Å². The Morgan fingerprint density at radius 3 is 1.09 bits per heavy atom. The van der Waals surface area contributed by atoms with Crippen LogP contribution in [0.5, 0.6) is 0 Å². The number of aromatic nitrogens is 1. The van der Waals surface area contributed by atoms with Crippen LogP contribution in [-0.4, -0.2) is 12.6 Å². The molecule has 1 aromatic heterocycles. The molecule has 0 atom stereocenters. The van der Waals surface area contributed by atoms with Gasteiger partial charge in [-0.25, -0.2) is 0 Å². The molecule has 1 nitrogen and oxygen atoms in total. The van der Waals surface area contributed by atoms with E-state index < -0.39 is 8.07 Å². The number of hydrogen-bond acceptors (Lipinski definition) is 0. The van der Waals surface area contributed by atoms with E-state index in [0.29, 0.717) is 0 Å². The quantitative estimate of drug-likeness (QED) is 0.138. The summed E-state index contributed by atoms with van der Waals surface area (Å²) in [5.41, 5.74) is 3.69. The molecular formula is C44H31NSi. The third kappa shape index (κ3) is 3.94. The Bertz CT molecular complexity index is 2310. The van der Waals surface area contributed by atoms with E-state index in [0.717, 1.165) is 0 Å². The Hall–Kier alpha value is -5.70. The van der Waals surface area contributed by atoms with E-state index in [9.17, 15) is 0 Å². The lowest BCUT2D eigenvalue weighted by atomic mass is 10.0. The molecule has 0 unspecified atom stereocenters. The normalized spacial score (nSPS) is 11.9. The molecule has 0 N–H and O–H groups in total. The average molecular weight is 602 g/mol. The first-order chi connectivity index (χ1) is 22.8. The lowest BCUT2D eigenvalue weighted by Gasteiger charge is -2.34. The van der Waals surface area contributed by atoms with Crippen LogP contribution in [0, 0.1) is 0 Å². The van der Waals surface area contributed by atoms with Crippen LogP contribution >= 0.6 is 0 Å². The third-order valence-electron chi connectivity index (χ3n) is 9.72. The van der Waals surface area contributed by atoms with Crippen molar-refractivity contribution in [2.45, 2.75) is 0 Å². The maximum Gasteiger partial charge on any atom is 0.179 e. The Kier molecular flexibility index (Phi) is 6.22. The molecule has 9 aromatic rings. The zero-order chi connectivity index (χ0) is 30.5. The third-order valence-corrected chi connectivity index (χ3v) is 14.5. The lowest BCUT2D eigenvalue weighted by Crippen LogP contribution is -2.74. The average Bonchev–Trinajstić information content (AvgIpc) is 3.49. The Labute approximate surface area is 269 Å². The number of rotatable bonds is 5. The van der Waals surface area contributed by atoms with E-state index >= 15 is 0 Å². The molecular weight excluding hydrogens is 571 g/mol. The summed E-state index contributed by atoms with van der Waals surface area (Å²) >= 11 is 0. The van der Waals surface area contributed by atoms with Crippen molar-refractivity contribution in [3.8, 4) is 5.69 Å². The van der Waals surface area contributed by atoms with E-state index in [1.807, 2.05) is 0 Å². The molecule has 46 heavy (non-hydrogen) atoms. The van der Waals surface area contributed by atoms with Gasteiger partial charge in [-0.3, -0.25) is 0 Å². The molecule has 0 radical (unpaired) electrons. The largest absolute Gasteiger partial charge is 0.308 e. The minimum absolute atomic E-state index is 1.17. The van der Waals surface area contributed by atoms with Crippen molar-refractivity contribution in [2.75, 3.05) is 0 Å². The van der Waals surface area contributed by atoms with E-state index in [4.69, 9.17) is 0 Å². The fraction of sp³-hybridized carbons (Fsp3) is 0. The van der Waals surface area contributed by atoms with Crippen LogP contribution in [0.1, 0.15) is 0 Å². The number of nitrogens with zero attached hydrogens (tertiary/aromatic N) is 1. The summed E-state index contributed by atoms with van der Waals surface area (Å²) < 4.78 is 2.51. The van der Waals surface area contributed by atoms with Crippen LogP contribution in [0.15, 0.2) is 188 Å². The summed E-state index contributed by atoms with van der Waals surface area (Å²) in [6, 6.07) is 69.6. The van der Waals surface area contributed by atoms with Crippen molar-refractivity contribution in [1.82, 2.24) is 4.57 Å². The molecule has 0 amide bonds. The molecule has 216 valence electrons. The summed E-state index contributed by atoms with van der Waals surface area (Å²) in [7, 11) is -2.61. The maximum absolute atomic E-state index is 2.61. The second-order valence-corrected chi connectivity index (χ2v) is 15.9. The maximum atomic E-state index is 2.51. The first-order valence-corrected chi connectivity index (χ1v) is 18.0. The zero-order valence-corrected chi connectivity index (χ0v) is 26.3. The fourth-order valence-corrected chi connectivity index (χ4v) is 12.5. The van der Waals surface area contributed by atoms with Crippen LogP contribution in [0.2, 0.25) is 0 Å². The minimum Gasteiger partial charge on any atom is -0.308 e. The zero-order valence-electron chi connectivity index (χ0n) is 25.3. The first-order valence-electron chi connectivity index (χ1n) is 16.0. The number of fused-ring (bicyclic) bond motifs is 7. The Morgan fingerprint density at radius 1 is 0.283 bits per heavy atom. The molecule has 9 rings (SSSR count). The second kappa shape index (κ2) is 10.7. The molecule has 0 aliphatic carbocycles. The van der Waals surface area contributed by atoms with Gasteiger partial charge in [-0.1, -0.05) is 176 Å². The molecule has 0 aliphatic rings. The van der Waals surface area contributed by atoms with Crippen molar-refractivity contribution in [2.24, 2.45) is 0 Å². The number of benzene rings is 8. The van der Waals surface area contributed by atoms with E-state index in [-0.39, 0.29) is 0 Å². The van der Waals surface area contributed by atoms with E-state index in [1.165, 1.54) is 69.8 Å². The van der Waals surface area contributed by atoms with Gasteiger partial charge in [-0.05, 0) is 43.7 Å². The topological polar surface area (TPSA) is 4.93 Å². The lowest BCUT2D eigenvalue weighted by molar-refractivity contribution is 1.19. The van der Waals surface area contributed by atoms with Crippen molar-refractivity contribution in [1.29, 1.82) is 0 Å². The standard InChI is InChI=1S/C44H31NSi/c1-4-16-35(17-5-1)46(36-18-6-2-7-19-36,37-20-8-3-9-21-37)38-28-26-34(27-29-38)45-43-39-22-12-10-14-32(39)24-30-41(43)42-31-25-33-15-11-13-23-40(33)44(42)45/h1-31H. The van der Waals surface area contributed by atoms with Crippen molar-refractivity contribution < 1.29 is 0 Å². The molecule has 2 heteroatoms. The summed E-state index contributed by atoms with van der Waals surface area (Å²) in [4.78, 5) is 0. The van der Waals surface area contributed by atoms with Crippen LogP contribution < -0.4 is 20.7 Å². The predicted molar refractivity (Wildman–Crippen MR) is 199 cm³/mol. The van der Waals surface area contributed by atoms with E-state index in [1.54, 1.807) is 0 Å². The Morgan fingerprint density at radius 2 is 0.652 bits per heavy atom. The van der Waals surface area contributed by atoms with Crippen molar-refractivity contribution >= 4 is 72.2 Å². The van der Waals surface area contributed by atoms with Crippen LogP contribution in [-0.2, 0) is 0 Å². The SMILES string of the molecule is c1ccc([Si](c2ccccc2)(c2ccccc2)c2ccc(-n3c4c5ccccc5ccc4c4ccc5ccccc5c43)cc2)cc1. The predicted octanol–water partition coefficient (Wildman–Crippen LogP) is 8.47. The second-order valence-electron chi connectivity index (χ2n) is 12.1. The Balaban J connectivity index is 1.36. The summed E-state index contributed by atoms with van der Waals surface area (Å²) in [5, 5.41) is 13.1. The van der Waals surface area contributed by atoms with Crippen molar-refractivity contribution in [3.63, 3.8) is 0 Å². The van der Waals surface area contributed by atoms with Gasteiger partial charge in [0.2, 0.25) is 0 Å². The molecule has 8 aromatic carbocycles. The minimum atomic E-state index is -2.61. The highest BCUT2D eigenvalue weighted by Crippen LogP contribution is 2.39. The highest BCUT2D eigenvalue weighted by molar-refractivity contribution is 7.19. The highest BCUT2D eigenvalue weighted by Gasteiger charge is 2.41. The van der Waals surface area contributed by atoms with Gasteiger partial charge < -0.3 is 4.57 Å². The van der Waals surface area contributed by atoms with Gasteiger partial charge >= 0.3 is 0 Å². The van der Waals surface area contributed by atoms with Crippen LogP contribution in [0.4, 0.5) is 0 Å². The smallest absolute Gasteiger partial charge is 0.179 e. The first kappa shape index (κ1) is 26.7.